The van der Waals surface area contributed by atoms with Gasteiger partial charge in [0.2, 0.25) is 0 Å². The van der Waals surface area contributed by atoms with Crippen LogP contribution in [-0.2, 0) is 4.79 Å². The lowest BCUT2D eigenvalue weighted by Gasteiger charge is -1.80. The number of halogens is 1. The van der Waals surface area contributed by atoms with Crippen LogP contribution in [-0.4, -0.2) is 27.4 Å². The second-order valence-electron chi connectivity index (χ2n) is 3.02. The van der Waals surface area contributed by atoms with Gasteiger partial charge in [-0.25, -0.2) is 9.18 Å². The summed E-state index contributed by atoms with van der Waals surface area (Å²) in [6, 6.07) is 0. The first kappa shape index (κ1) is 8.86. The number of carbonyl (C=O) groups is 1. The molecule has 1 fully saturated rings. The molecule has 5 nitrogen and oxygen atoms in total. The molecule has 0 aliphatic heterocycles. The van der Waals surface area contributed by atoms with Crippen LogP contribution in [0, 0.1) is 0 Å². The van der Waals surface area contributed by atoms with Gasteiger partial charge in [-0.15, -0.1) is 0 Å². The largest absolute Gasteiger partial charge is 0.478 e. The zero-order valence-corrected chi connectivity index (χ0v) is 7.05. The van der Waals surface area contributed by atoms with E-state index < -0.39 is 12.1 Å². The quantitative estimate of drug-likeness (QED) is 0.733. The maximum absolute atomic E-state index is 12.6. The molecule has 74 valence electrons. The number of aromatic nitrogens is 2. The highest BCUT2D eigenvalue weighted by atomic mass is 19.1. The molecule has 0 spiro atoms. The van der Waals surface area contributed by atoms with Gasteiger partial charge in [0.25, 0.3) is 5.89 Å². The topological polar surface area (TPSA) is 76.2 Å². The second-order valence-corrected chi connectivity index (χ2v) is 3.02. The van der Waals surface area contributed by atoms with E-state index in [4.69, 9.17) is 5.11 Å². The van der Waals surface area contributed by atoms with Crippen molar-refractivity contribution in [2.75, 3.05) is 0 Å². The van der Waals surface area contributed by atoms with Crippen LogP contribution in [0.5, 0.6) is 0 Å². The highest BCUT2D eigenvalue weighted by Crippen LogP contribution is 2.41. The molecule has 1 aromatic rings. The van der Waals surface area contributed by atoms with Crippen LogP contribution in [0.15, 0.2) is 10.6 Å². The molecule has 0 unspecified atom stereocenters. The number of carboxylic acids is 1. The van der Waals surface area contributed by atoms with Gasteiger partial charge in [0.15, 0.2) is 5.82 Å². The van der Waals surface area contributed by atoms with Crippen LogP contribution in [0.1, 0.15) is 24.1 Å². The Hall–Kier alpha value is -1.72. The number of aliphatic carboxylic acids is 1. The van der Waals surface area contributed by atoms with E-state index in [1.165, 1.54) is 6.08 Å². The molecule has 0 aromatic carbocycles. The average molecular weight is 198 g/mol. The van der Waals surface area contributed by atoms with Gasteiger partial charge in [0.05, 0.1) is 5.92 Å². The molecule has 1 aromatic heterocycles. The Kier molecular flexibility index (Phi) is 2.03. The van der Waals surface area contributed by atoms with Crippen molar-refractivity contribution in [3.8, 4) is 0 Å². The summed E-state index contributed by atoms with van der Waals surface area (Å²) in [6.45, 7) is 0. The van der Waals surface area contributed by atoms with E-state index in [0.29, 0.717) is 12.2 Å². The molecule has 0 radical (unpaired) electrons. The molecule has 2 atom stereocenters. The fourth-order valence-electron chi connectivity index (χ4n) is 1.04. The van der Waals surface area contributed by atoms with Crippen LogP contribution in [0.4, 0.5) is 4.39 Å². The minimum Gasteiger partial charge on any atom is -0.478 e. The van der Waals surface area contributed by atoms with Gasteiger partial charge in [-0.05, 0) is 6.42 Å². The van der Waals surface area contributed by atoms with Crippen LogP contribution in [0.25, 0.3) is 6.08 Å². The first-order chi connectivity index (χ1) is 6.66. The smallest absolute Gasteiger partial charge is 0.328 e. The standard InChI is InChI=1S/C8H7FN2O3/c9-5-3-4(5)8-10-6(14-11-8)1-2-7(12)13/h1-2,4-5H,3H2,(H,12,13)/t4-,5-/m0/s1. The first-order valence-corrected chi connectivity index (χ1v) is 4.05. The summed E-state index contributed by atoms with van der Waals surface area (Å²) < 4.78 is 17.2. The summed E-state index contributed by atoms with van der Waals surface area (Å²) in [6.07, 6.45) is 1.59. The fourth-order valence-corrected chi connectivity index (χ4v) is 1.04. The molecule has 1 saturated carbocycles. The summed E-state index contributed by atoms with van der Waals surface area (Å²) in [5.74, 6) is -0.977. The molecule has 0 bridgehead atoms. The van der Waals surface area contributed by atoms with Crippen LogP contribution in [0.3, 0.4) is 0 Å². The van der Waals surface area contributed by atoms with Crippen molar-refractivity contribution < 1.29 is 18.8 Å². The summed E-state index contributed by atoms with van der Waals surface area (Å²) in [5, 5.41) is 11.8. The Morgan fingerprint density at radius 3 is 3.00 bits per heavy atom. The van der Waals surface area contributed by atoms with Gasteiger partial charge >= 0.3 is 5.97 Å². The lowest BCUT2D eigenvalue weighted by molar-refractivity contribution is -0.131. The predicted octanol–water partition coefficient (Wildman–Crippen LogP) is 0.993. The number of carboxylic acid groups (broad SMARTS) is 1. The number of nitrogens with zero attached hydrogens (tertiary/aromatic N) is 2. The van der Waals surface area contributed by atoms with Crippen molar-refractivity contribution in [3.05, 3.63) is 17.8 Å². The minimum atomic E-state index is -1.10. The summed E-state index contributed by atoms with van der Waals surface area (Å²) >= 11 is 0. The maximum Gasteiger partial charge on any atom is 0.328 e. The zero-order chi connectivity index (χ0) is 10.1. The van der Waals surface area contributed by atoms with E-state index in [2.05, 4.69) is 14.7 Å². The van der Waals surface area contributed by atoms with E-state index in [-0.39, 0.29) is 11.8 Å². The van der Waals surface area contributed by atoms with E-state index in [1.807, 2.05) is 0 Å². The Bertz CT molecular complexity index is 388. The van der Waals surface area contributed by atoms with Crippen molar-refractivity contribution >= 4 is 12.0 Å². The number of hydrogen-bond donors (Lipinski definition) is 1. The highest BCUT2D eigenvalue weighted by molar-refractivity contribution is 5.84. The third kappa shape index (κ3) is 1.78. The molecule has 1 heterocycles. The van der Waals surface area contributed by atoms with E-state index in [0.717, 1.165) is 6.08 Å². The van der Waals surface area contributed by atoms with Crippen molar-refractivity contribution in [1.29, 1.82) is 0 Å². The molecule has 0 saturated heterocycles. The second kappa shape index (κ2) is 3.21. The summed E-state index contributed by atoms with van der Waals surface area (Å²) in [4.78, 5) is 14.0. The Labute approximate surface area is 78.2 Å². The molecule has 1 aliphatic rings. The van der Waals surface area contributed by atoms with E-state index >= 15 is 0 Å². The Morgan fingerprint density at radius 2 is 2.43 bits per heavy atom. The predicted molar refractivity (Wildman–Crippen MR) is 43.2 cm³/mol. The highest BCUT2D eigenvalue weighted by Gasteiger charge is 2.42. The summed E-state index contributed by atoms with van der Waals surface area (Å²) in [5.41, 5.74) is 0. The molecule has 2 rings (SSSR count). The fraction of sp³-hybridized carbons (Fsp3) is 0.375. The number of alkyl halides is 1. The van der Waals surface area contributed by atoms with Crippen molar-refractivity contribution in [2.24, 2.45) is 0 Å². The molecule has 6 heteroatoms. The van der Waals surface area contributed by atoms with Gasteiger partial charge in [0.1, 0.15) is 6.17 Å². The van der Waals surface area contributed by atoms with Crippen molar-refractivity contribution in [2.45, 2.75) is 18.5 Å². The third-order valence-corrected chi connectivity index (χ3v) is 1.87. The minimum absolute atomic E-state index is 0.0847. The normalized spacial score (nSPS) is 25.5. The average Bonchev–Trinajstić information content (AvgIpc) is 2.68. The van der Waals surface area contributed by atoms with Gasteiger partial charge < -0.3 is 9.63 Å². The summed E-state index contributed by atoms with van der Waals surface area (Å²) in [7, 11) is 0. The third-order valence-electron chi connectivity index (χ3n) is 1.87. The molecule has 1 aliphatic carbocycles. The van der Waals surface area contributed by atoms with Gasteiger partial charge in [-0.1, -0.05) is 5.16 Å². The molecule has 1 N–H and O–H groups in total. The van der Waals surface area contributed by atoms with Gasteiger partial charge in [-0.3, -0.25) is 0 Å². The molecular formula is C8H7FN2O3. The van der Waals surface area contributed by atoms with E-state index in [1.54, 1.807) is 0 Å². The van der Waals surface area contributed by atoms with Gasteiger partial charge in [-0.2, -0.15) is 4.98 Å². The van der Waals surface area contributed by atoms with Gasteiger partial charge in [0, 0.05) is 12.2 Å². The zero-order valence-electron chi connectivity index (χ0n) is 7.05. The number of hydrogen-bond acceptors (Lipinski definition) is 4. The Morgan fingerprint density at radius 1 is 1.71 bits per heavy atom. The first-order valence-electron chi connectivity index (χ1n) is 4.05. The van der Waals surface area contributed by atoms with Crippen LogP contribution < -0.4 is 0 Å². The van der Waals surface area contributed by atoms with Crippen molar-refractivity contribution in [3.63, 3.8) is 0 Å². The van der Waals surface area contributed by atoms with Crippen LogP contribution >= 0.6 is 0 Å². The van der Waals surface area contributed by atoms with E-state index in [9.17, 15) is 9.18 Å². The molecule has 14 heavy (non-hydrogen) atoms. The molecule has 0 amide bonds. The molecular weight excluding hydrogens is 191 g/mol. The lowest BCUT2D eigenvalue weighted by atomic mass is 10.4. The SMILES string of the molecule is O=C(O)C=Cc1nc([C@H]2C[C@@H]2F)no1. The monoisotopic (exact) mass is 198 g/mol. The number of rotatable bonds is 3. The Balaban J connectivity index is 2.06. The lowest BCUT2D eigenvalue weighted by Crippen LogP contribution is -1.87. The van der Waals surface area contributed by atoms with Crippen LogP contribution in [0.2, 0.25) is 0 Å². The maximum atomic E-state index is 12.6. The van der Waals surface area contributed by atoms with Crippen molar-refractivity contribution in [1.82, 2.24) is 10.1 Å².